The summed E-state index contributed by atoms with van der Waals surface area (Å²) in [5.74, 6) is -0.290. The van der Waals surface area contributed by atoms with Gasteiger partial charge in [0.05, 0.1) is 15.7 Å². The predicted molar refractivity (Wildman–Crippen MR) is 137 cm³/mol. The van der Waals surface area contributed by atoms with E-state index in [1.807, 2.05) is 41.9 Å². The molecule has 0 atom stereocenters. The van der Waals surface area contributed by atoms with Crippen LogP contribution in [0.4, 0.5) is 4.39 Å². The van der Waals surface area contributed by atoms with Gasteiger partial charge >= 0.3 is 5.97 Å². The number of thiazole rings is 1. The Bertz CT molecular complexity index is 1440. The minimum Gasteiger partial charge on any atom is -0.423 e. The zero-order valence-corrected chi connectivity index (χ0v) is 19.8. The largest absolute Gasteiger partial charge is 0.423 e. The number of carbonyl (C=O) groups excluding carboxylic acids is 1. The lowest BCUT2D eigenvalue weighted by Gasteiger charge is -2.32. The minimum atomic E-state index is -0.546. The number of para-hydroxylation sites is 1. The van der Waals surface area contributed by atoms with Crippen molar-refractivity contribution >= 4 is 50.3 Å². The number of halogens is 2. The third kappa shape index (κ3) is 4.29. The third-order valence-electron chi connectivity index (χ3n) is 6.15. The molecule has 170 valence electrons. The van der Waals surface area contributed by atoms with Gasteiger partial charge in [-0.1, -0.05) is 48.9 Å². The molecule has 0 N–H and O–H groups in total. The molecular weight excluding hydrogens is 469 g/mol. The van der Waals surface area contributed by atoms with E-state index >= 15 is 0 Å². The molecule has 5 rings (SSSR count). The van der Waals surface area contributed by atoms with E-state index in [4.69, 9.17) is 16.3 Å². The third-order valence-corrected chi connectivity index (χ3v) is 7.29. The van der Waals surface area contributed by atoms with Gasteiger partial charge in [0.2, 0.25) is 0 Å². The van der Waals surface area contributed by atoms with Crippen molar-refractivity contribution in [3.05, 3.63) is 106 Å². The maximum absolute atomic E-state index is 14.5. The van der Waals surface area contributed by atoms with Crippen LogP contribution in [-0.4, -0.2) is 11.0 Å². The summed E-state index contributed by atoms with van der Waals surface area (Å²) in [7, 11) is 0. The molecule has 1 heterocycles. The molecule has 4 aromatic rings. The van der Waals surface area contributed by atoms with Gasteiger partial charge in [0.15, 0.2) is 0 Å². The van der Waals surface area contributed by atoms with Crippen molar-refractivity contribution in [2.45, 2.75) is 19.3 Å². The summed E-state index contributed by atoms with van der Waals surface area (Å²) >= 11 is 8.22. The molecule has 0 radical (unpaired) electrons. The maximum Gasteiger partial charge on any atom is 0.335 e. The molecule has 0 spiro atoms. The minimum absolute atomic E-state index is 0.198. The van der Waals surface area contributed by atoms with Crippen LogP contribution < -0.4 is 4.74 Å². The van der Waals surface area contributed by atoms with Gasteiger partial charge in [-0.3, -0.25) is 0 Å². The number of allylic oxidation sites excluding steroid dienone is 1. The van der Waals surface area contributed by atoms with Crippen LogP contribution in [0.15, 0.2) is 78.8 Å². The van der Waals surface area contributed by atoms with E-state index in [1.54, 1.807) is 23.5 Å². The highest BCUT2D eigenvalue weighted by Gasteiger charge is 2.30. The first-order valence-corrected chi connectivity index (χ1v) is 12.3. The molecule has 1 aromatic heterocycles. The standard InChI is InChI=1S/C28H21ClFNO2S/c1-2-26(32)33-24-9-4-3-8-20(24)28(18-10-13-25-23(14-18)31-16-34-25)27(17-6-5-7-17)21-15-19(30)11-12-22(21)29/h2-4,8-17H,1,5-7H2/b28-27+. The predicted octanol–water partition coefficient (Wildman–Crippen LogP) is 7.94. The monoisotopic (exact) mass is 489 g/mol. The average molecular weight is 490 g/mol. The second-order valence-electron chi connectivity index (χ2n) is 8.20. The lowest BCUT2D eigenvalue weighted by Crippen LogP contribution is -2.16. The first-order valence-electron chi connectivity index (χ1n) is 11.0. The second kappa shape index (κ2) is 9.53. The number of benzene rings is 3. The zero-order chi connectivity index (χ0) is 23.7. The number of esters is 1. The fourth-order valence-corrected chi connectivity index (χ4v) is 5.22. The Morgan fingerprint density at radius 2 is 1.94 bits per heavy atom. The van der Waals surface area contributed by atoms with E-state index < -0.39 is 5.97 Å². The summed E-state index contributed by atoms with van der Waals surface area (Å²) in [6.07, 6.45) is 4.17. The Balaban J connectivity index is 1.85. The summed E-state index contributed by atoms with van der Waals surface area (Å²) in [6.45, 7) is 3.52. The molecule has 0 aliphatic heterocycles. The van der Waals surface area contributed by atoms with Gasteiger partial charge < -0.3 is 4.74 Å². The maximum atomic E-state index is 14.5. The van der Waals surface area contributed by atoms with Crippen molar-refractivity contribution in [3.63, 3.8) is 0 Å². The molecule has 1 fully saturated rings. The first kappa shape index (κ1) is 22.5. The van der Waals surface area contributed by atoms with Crippen molar-refractivity contribution in [2.24, 2.45) is 5.92 Å². The van der Waals surface area contributed by atoms with Gasteiger partial charge in [-0.05, 0) is 71.9 Å². The van der Waals surface area contributed by atoms with E-state index in [9.17, 15) is 9.18 Å². The molecule has 3 nitrogen and oxygen atoms in total. The molecule has 1 saturated carbocycles. The summed E-state index contributed by atoms with van der Waals surface area (Å²) in [5.41, 5.74) is 6.79. The van der Waals surface area contributed by atoms with Crippen LogP contribution in [-0.2, 0) is 4.79 Å². The van der Waals surface area contributed by atoms with Gasteiger partial charge in [0.25, 0.3) is 0 Å². The van der Waals surface area contributed by atoms with Crippen LogP contribution >= 0.6 is 22.9 Å². The van der Waals surface area contributed by atoms with Crippen LogP contribution in [0.5, 0.6) is 5.75 Å². The molecule has 34 heavy (non-hydrogen) atoms. The van der Waals surface area contributed by atoms with Gasteiger partial charge in [-0.15, -0.1) is 11.3 Å². The van der Waals surface area contributed by atoms with Crippen molar-refractivity contribution < 1.29 is 13.9 Å². The highest BCUT2D eigenvalue weighted by atomic mass is 35.5. The van der Waals surface area contributed by atoms with Crippen LogP contribution in [0.25, 0.3) is 21.4 Å². The number of hydrogen-bond donors (Lipinski definition) is 0. The SMILES string of the molecule is C=CC(=O)Oc1ccccc1/C(=C(/c1cc(F)ccc1Cl)C1CCC1)c1ccc2scnc2c1. The number of carbonyl (C=O) groups is 1. The van der Waals surface area contributed by atoms with Gasteiger partial charge in [-0.25, -0.2) is 14.2 Å². The van der Waals surface area contributed by atoms with E-state index in [1.165, 1.54) is 12.1 Å². The molecule has 1 aliphatic rings. The smallest absolute Gasteiger partial charge is 0.335 e. The highest BCUT2D eigenvalue weighted by Crippen LogP contribution is 2.48. The molecule has 0 bridgehead atoms. The normalized spacial score (nSPS) is 14.4. The van der Waals surface area contributed by atoms with Gasteiger partial charge in [0, 0.05) is 22.2 Å². The molecule has 0 amide bonds. The lowest BCUT2D eigenvalue weighted by atomic mass is 9.73. The number of ether oxygens (including phenoxy) is 1. The molecule has 3 aromatic carbocycles. The van der Waals surface area contributed by atoms with Crippen molar-refractivity contribution in [1.82, 2.24) is 4.98 Å². The Morgan fingerprint density at radius 3 is 2.71 bits per heavy atom. The molecular formula is C28H21ClFNO2S. The average Bonchev–Trinajstić information content (AvgIpc) is 3.28. The van der Waals surface area contributed by atoms with Gasteiger partial charge in [-0.2, -0.15) is 0 Å². The van der Waals surface area contributed by atoms with Crippen LogP contribution in [0.2, 0.25) is 5.02 Å². The van der Waals surface area contributed by atoms with E-state index in [-0.39, 0.29) is 11.7 Å². The first-order chi connectivity index (χ1) is 16.5. The number of hydrogen-bond acceptors (Lipinski definition) is 4. The van der Waals surface area contributed by atoms with Crippen molar-refractivity contribution in [2.75, 3.05) is 0 Å². The summed E-state index contributed by atoms with van der Waals surface area (Å²) < 4.78 is 21.2. The Hall–Kier alpha value is -3.28. The summed E-state index contributed by atoms with van der Waals surface area (Å²) in [6, 6.07) is 17.9. The van der Waals surface area contributed by atoms with Crippen LogP contribution in [0.3, 0.4) is 0 Å². The summed E-state index contributed by atoms with van der Waals surface area (Å²) in [4.78, 5) is 16.6. The second-order valence-corrected chi connectivity index (χ2v) is 9.49. The van der Waals surface area contributed by atoms with Crippen molar-refractivity contribution in [3.8, 4) is 5.75 Å². The fourth-order valence-electron chi connectivity index (χ4n) is 4.34. The van der Waals surface area contributed by atoms with E-state index in [2.05, 4.69) is 11.6 Å². The number of rotatable bonds is 6. The Labute approximate surface area is 206 Å². The van der Waals surface area contributed by atoms with Gasteiger partial charge in [0.1, 0.15) is 11.6 Å². The number of nitrogens with zero attached hydrogens (tertiary/aromatic N) is 1. The summed E-state index contributed by atoms with van der Waals surface area (Å²) in [5, 5.41) is 0.483. The zero-order valence-electron chi connectivity index (χ0n) is 18.3. The Kier molecular flexibility index (Phi) is 6.31. The van der Waals surface area contributed by atoms with Crippen LogP contribution in [0, 0.1) is 11.7 Å². The Morgan fingerprint density at radius 1 is 1.12 bits per heavy atom. The van der Waals surface area contributed by atoms with E-state index in [0.29, 0.717) is 16.3 Å². The fraction of sp³-hybridized carbons (Fsp3) is 0.143. The van der Waals surface area contributed by atoms with Crippen molar-refractivity contribution in [1.29, 1.82) is 0 Å². The molecule has 1 aliphatic carbocycles. The topological polar surface area (TPSA) is 39.2 Å². The number of fused-ring (bicyclic) bond motifs is 1. The molecule has 6 heteroatoms. The number of aromatic nitrogens is 1. The molecule has 0 unspecified atom stereocenters. The van der Waals surface area contributed by atoms with E-state index in [0.717, 1.165) is 57.8 Å². The quantitative estimate of drug-likeness (QED) is 0.119. The lowest BCUT2D eigenvalue weighted by molar-refractivity contribution is -0.128. The molecule has 0 saturated heterocycles. The highest BCUT2D eigenvalue weighted by molar-refractivity contribution is 7.16. The van der Waals surface area contributed by atoms with Crippen LogP contribution in [0.1, 0.15) is 36.0 Å².